The molecule has 0 saturated carbocycles. The van der Waals surface area contributed by atoms with E-state index in [0.717, 1.165) is 5.57 Å². The minimum atomic E-state index is -3.95. The van der Waals surface area contributed by atoms with E-state index in [0.29, 0.717) is 32.8 Å². The van der Waals surface area contributed by atoms with Crippen molar-refractivity contribution in [2.45, 2.75) is 6.42 Å². The summed E-state index contributed by atoms with van der Waals surface area (Å²) >= 11 is 0. The Balaban J connectivity index is 1.85. The number of nitrogens with zero attached hydrogens (tertiary/aromatic N) is 2. The topological polar surface area (TPSA) is 87.2 Å². The molecule has 8 heteroatoms. The van der Waals surface area contributed by atoms with Crippen LogP contribution in [0.4, 0.5) is 4.79 Å². The average molecular weight is 302 g/mol. The van der Waals surface area contributed by atoms with Crippen LogP contribution in [0.2, 0.25) is 0 Å². The Hall–Kier alpha value is -1.38. The molecule has 2 rings (SSSR count). The lowest BCUT2D eigenvalue weighted by molar-refractivity contribution is 0.0472. The van der Waals surface area contributed by atoms with Gasteiger partial charge < -0.3 is 9.64 Å². The lowest BCUT2D eigenvalue weighted by Gasteiger charge is -2.32. The Morgan fingerprint density at radius 2 is 2.05 bits per heavy atom. The van der Waals surface area contributed by atoms with E-state index in [4.69, 9.17) is 9.29 Å². The van der Waals surface area contributed by atoms with Gasteiger partial charge in [-0.25, -0.2) is 4.79 Å². The molecule has 0 atom stereocenters. The second-order valence-corrected chi connectivity index (χ2v) is 6.24. The minimum absolute atomic E-state index is 0.0744. The van der Waals surface area contributed by atoms with Gasteiger partial charge in [0.05, 0.1) is 19.0 Å². The van der Waals surface area contributed by atoms with Crippen LogP contribution < -0.4 is 0 Å². The number of morpholine rings is 1. The van der Waals surface area contributed by atoms with E-state index >= 15 is 0 Å². The fraction of sp³-hybridized carbons (Fsp3) is 0.583. The first-order valence-corrected chi connectivity index (χ1v) is 8.02. The number of carbonyl (C=O) groups excluding carboxylic acids is 1. The summed E-state index contributed by atoms with van der Waals surface area (Å²) < 4.78 is 35.2. The molecule has 0 aromatic heterocycles. The summed E-state index contributed by atoms with van der Waals surface area (Å²) in [6.07, 6.45) is 5.39. The lowest BCUT2D eigenvalue weighted by atomic mass is 10.1. The normalized spacial score (nSPS) is 19.9. The van der Waals surface area contributed by atoms with Gasteiger partial charge >= 0.3 is 6.03 Å². The third kappa shape index (κ3) is 4.32. The van der Waals surface area contributed by atoms with Gasteiger partial charge in [0.15, 0.2) is 0 Å². The highest BCUT2D eigenvalue weighted by Crippen LogP contribution is 2.14. The molecule has 0 bridgehead atoms. The molecule has 0 unspecified atom stereocenters. The quantitative estimate of drug-likeness (QED) is 0.766. The molecule has 7 nitrogen and oxygen atoms in total. The Morgan fingerprint density at radius 3 is 2.60 bits per heavy atom. The van der Waals surface area contributed by atoms with Crippen LogP contribution in [0, 0.1) is 0 Å². The first kappa shape index (κ1) is 15.0. The summed E-state index contributed by atoms with van der Waals surface area (Å²) in [5.41, 5.74) is 0.800. The fourth-order valence-electron chi connectivity index (χ4n) is 2.04. The molecule has 20 heavy (non-hydrogen) atoms. The average Bonchev–Trinajstić information content (AvgIpc) is 2.45. The predicted molar refractivity (Wildman–Crippen MR) is 72.7 cm³/mol. The smallest absolute Gasteiger partial charge is 0.324 e. The summed E-state index contributed by atoms with van der Waals surface area (Å²) in [5, 5.41) is 0. The van der Waals surface area contributed by atoms with Crippen molar-refractivity contribution in [1.29, 1.82) is 0 Å². The molecule has 2 amide bonds. The first-order chi connectivity index (χ1) is 9.46. The van der Waals surface area contributed by atoms with E-state index in [1.165, 1.54) is 0 Å². The van der Waals surface area contributed by atoms with E-state index in [9.17, 15) is 13.2 Å². The van der Waals surface area contributed by atoms with Gasteiger partial charge in [-0.15, -0.1) is 0 Å². The highest BCUT2D eigenvalue weighted by atomic mass is 32.2. The maximum atomic E-state index is 12.2. The van der Waals surface area contributed by atoms with Gasteiger partial charge in [0.2, 0.25) is 0 Å². The molecule has 1 saturated heterocycles. The Kier molecular flexibility index (Phi) is 4.79. The van der Waals surface area contributed by atoms with Gasteiger partial charge in [-0.3, -0.25) is 9.45 Å². The van der Waals surface area contributed by atoms with Crippen LogP contribution >= 0.6 is 0 Å². The van der Waals surface area contributed by atoms with Gasteiger partial charge in [0, 0.05) is 25.8 Å². The van der Waals surface area contributed by atoms with Crippen molar-refractivity contribution in [2.75, 3.05) is 38.6 Å². The molecule has 0 aliphatic carbocycles. The molecule has 2 heterocycles. The molecular weight excluding hydrogens is 284 g/mol. The van der Waals surface area contributed by atoms with Gasteiger partial charge in [0.25, 0.3) is 10.1 Å². The van der Waals surface area contributed by atoms with Gasteiger partial charge in [-0.05, 0) is 18.1 Å². The van der Waals surface area contributed by atoms with Crippen LogP contribution in [-0.4, -0.2) is 67.4 Å². The molecule has 0 aromatic rings. The lowest BCUT2D eigenvalue weighted by Crippen LogP contribution is -2.46. The van der Waals surface area contributed by atoms with Crippen LogP contribution in [0.3, 0.4) is 0 Å². The Bertz CT molecular complexity index is 520. The second-order valence-electron chi connectivity index (χ2n) is 4.67. The molecule has 0 spiro atoms. The zero-order valence-electron chi connectivity index (χ0n) is 11.1. The van der Waals surface area contributed by atoms with E-state index in [2.05, 4.69) is 0 Å². The van der Waals surface area contributed by atoms with Crippen molar-refractivity contribution < 1.29 is 22.5 Å². The van der Waals surface area contributed by atoms with Crippen LogP contribution in [0.1, 0.15) is 6.42 Å². The monoisotopic (exact) mass is 302 g/mol. The molecule has 1 N–H and O–H groups in total. The molecular formula is C12H18N2O5S. The zero-order chi connectivity index (χ0) is 14.6. The Labute approximate surface area is 118 Å². The number of allylic oxidation sites excluding steroid dienone is 2. The van der Waals surface area contributed by atoms with Crippen LogP contribution in [0.15, 0.2) is 23.9 Å². The molecule has 2 aliphatic rings. The summed E-state index contributed by atoms with van der Waals surface area (Å²) in [6, 6.07) is -0.0744. The second kappa shape index (κ2) is 6.38. The number of hydrogen-bond donors (Lipinski definition) is 1. The van der Waals surface area contributed by atoms with E-state index in [1.807, 2.05) is 0 Å². The van der Waals surface area contributed by atoms with Gasteiger partial charge in [0.1, 0.15) is 0 Å². The van der Waals surface area contributed by atoms with E-state index in [-0.39, 0.29) is 18.2 Å². The first-order valence-electron chi connectivity index (χ1n) is 6.41. The summed E-state index contributed by atoms with van der Waals surface area (Å²) in [6.45, 7) is 2.69. The van der Waals surface area contributed by atoms with E-state index in [1.54, 1.807) is 28.2 Å². The predicted octanol–water partition coefficient (Wildman–Crippen LogP) is 0.472. The summed E-state index contributed by atoms with van der Waals surface area (Å²) in [5.74, 6) is -0.305. The van der Waals surface area contributed by atoms with Crippen molar-refractivity contribution in [1.82, 2.24) is 9.80 Å². The number of carbonyl (C=O) groups is 1. The van der Waals surface area contributed by atoms with Crippen molar-refractivity contribution in [3.8, 4) is 0 Å². The highest BCUT2D eigenvalue weighted by Gasteiger charge is 2.22. The van der Waals surface area contributed by atoms with Crippen molar-refractivity contribution in [2.24, 2.45) is 0 Å². The van der Waals surface area contributed by atoms with Crippen molar-refractivity contribution >= 4 is 16.1 Å². The molecule has 0 radical (unpaired) electrons. The van der Waals surface area contributed by atoms with E-state index < -0.39 is 10.1 Å². The number of ether oxygens (including phenoxy) is 1. The zero-order valence-corrected chi connectivity index (χ0v) is 11.9. The fourth-order valence-corrected chi connectivity index (χ4v) is 2.53. The van der Waals surface area contributed by atoms with Crippen LogP contribution in [0.5, 0.6) is 0 Å². The molecule has 112 valence electrons. The Morgan fingerprint density at radius 1 is 1.35 bits per heavy atom. The third-order valence-electron chi connectivity index (χ3n) is 3.19. The standard InChI is InChI=1S/C12H18N2O5S/c15-12(14-6-8-19-9-7-14)13-4-1-11(2-5-13)3-10-20(16,17)18/h1-2,4H,3,5-10H2,(H,16,17,18). The van der Waals surface area contributed by atoms with Crippen LogP contribution in [0.25, 0.3) is 0 Å². The summed E-state index contributed by atoms with van der Waals surface area (Å²) in [7, 11) is -3.95. The number of rotatable bonds is 3. The number of amides is 2. The largest absolute Gasteiger partial charge is 0.378 e. The molecule has 1 fully saturated rings. The van der Waals surface area contributed by atoms with Gasteiger partial charge in [-0.2, -0.15) is 8.42 Å². The third-order valence-corrected chi connectivity index (χ3v) is 3.91. The van der Waals surface area contributed by atoms with Gasteiger partial charge in [-0.1, -0.05) is 6.08 Å². The maximum Gasteiger partial charge on any atom is 0.324 e. The number of hydrogen-bond acceptors (Lipinski definition) is 4. The SMILES string of the molecule is O=C(N1C=CC(CCS(=O)(=O)O)=CC1)N1CCOCC1. The van der Waals surface area contributed by atoms with Crippen molar-refractivity contribution in [3.05, 3.63) is 23.9 Å². The van der Waals surface area contributed by atoms with Crippen molar-refractivity contribution in [3.63, 3.8) is 0 Å². The minimum Gasteiger partial charge on any atom is -0.378 e. The van der Waals surface area contributed by atoms with Crippen LogP contribution in [-0.2, 0) is 14.9 Å². The molecule has 2 aliphatic heterocycles. The highest BCUT2D eigenvalue weighted by molar-refractivity contribution is 7.85. The summed E-state index contributed by atoms with van der Waals surface area (Å²) in [4.78, 5) is 15.5. The molecule has 0 aromatic carbocycles. The maximum absolute atomic E-state index is 12.2. The number of urea groups is 1.